The van der Waals surface area contributed by atoms with E-state index in [0.717, 1.165) is 37.4 Å². The molecular formula is C20H24FN3O2. The number of hydrogen-bond acceptors (Lipinski definition) is 4. The fourth-order valence-corrected chi connectivity index (χ4v) is 3.27. The van der Waals surface area contributed by atoms with Gasteiger partial charge in [0.15, 0.2) is 17.4 Å². The van der Waals surface area contributed by atoms with Gasteiger partial charge in [-0.3, -0.25) is 4.79 Å². The van der Waals surface area contributed by atoms with Gasteiger partial charge < -0.3 is 14.5 Å². The van der Waals surface area contributed by atoms with E-state index in [1.54, 1.807) is 36.3 Å². The Morgan fingerprint density at radius 1 is 1.27 bits per heavy atom. The van der Waals surface area contributed by atoms with Crippen molar-refractivity contribution in [2.24, 2.45) is 0 Å². The second kappa shape index (κ2) is 8.17. The number of halogens is 1. The van der Waals surface area contributed by atoms with Crippen molar-refractivity contribution in [2.45, 2.75) is 25.7 Å². The van der Waals surface area contributed by atoms with E-state index in [9.17, 15) is 9.18 Å². The molecule has 0 unspecified atom stereocenters. The van der Waals surface area contributed by atoms with Gasteiger partial charge in [-0.25, -0.2) is 9.37 Å². The first-order valence-corrected chi connectivity index (χ1v) is 8.89. The minimum Gasteiger partial charge on any atom is -0.494 e. The molecule has 2 aromatic rings. The zero-order chi connectivity index (χ0) is 18.5. The third-order valence-electron chi connectivity index (χ3n) is 4.78. The van der Waals surface area contributed by atoms with Crippen molar-refractivity contribution in [2.75, 3.05) is 37.0 Å². The Morgan fingerprint density at radius 3 is 2.77 bits per heavy atom. The zero-order valence-electron chi connectivity index (χ0n) is 15.2. The Balaban J connectivity index is 1.71. The van der Waals surface area contributed by atoms with Gasteiger partial charge in [-0.05, 0) is 43.0 Å². The number of nitrogens with zero attached hydrogens (tertiary/aromatic N) is 3. The molecule has 1 aromatic heterocycles. The van der Waals surface area contributed by atoms with Crippen molar-refractivity contribution in [3.63, 3.8) is 0 Å². The smallest absolute Gasteiger partial charge is 0.227 e. The molecule has 1 aliphatic heterocycles. The molecule has 0 radical (unpaired) electrons. The molecular weight excluding hydrogens is 333 g/mol. The van der Waals surface area contributed by atoms with Crippen LogP contribution in [0.15, 0.2) is 36.5 Å². The molecule has 26 heavy (non-hydrogen) atoms. The Morgan fingerprint density at radius 2 is 2.04 bits per heavy atom. The van der Waals surface area contributed by atoms with Gasteiger partial charge in [-0.1, -0.05) is 12.1 Å². The summed E-state index contributed by atoms with van der Waals surface area (Å²) in [6.07, 6.45) is 4.58. The number of ether oxygens (including phenoxy) is 1. The Kier molecular flexibility index (Phi) is 5.71. The molecule has 1 amide bonds. The predicted molar refractivity (Wildman–Crippen MR) is 100 cm³/mol. The molecule has 0 aliphatic carbocycles. The maximum atomic E-state index is 14.2. The topological polar surface area (TPSA) is 45.7 Å². The number of carbonyl (C=O) groups is 1. The summed E-state index contributed by atoms with van der Waals surface area (Å²) in [5, 5.41) is 0. The van der Waals surface area contributed by atoms with E-state index in [2.05, 4.69) is 9.88 Å². The number of hydrogen-bond donors (Lipinski definition) is 0. The van der Waals surface area contributed by atoms with Crippen LogP contribution in [0.25, 0.3) is 0 Å². The quantitative estimate of drug-likeness (QED) is 0.795. The number of anilines is 2. The molecule has 1 aromatic carbocycles. The van der Waals surface area contributed by atoms with Gasteiger partial charge in [0, 0.05) is 32.8 Å². The fraction of sp³-hybridized carbons (Fsp3) is 0.400. The summed E-state index contributed by atoms with van der Waals surface area (Å²) in [5.74, 6) is 0.575. The molecule has 0 N–H and O–H groups in total. The monoisotopic (exact) mass is 357 g/mol. The van der Waals surface area contributed by atoms with Crippen molar-refractivity contribution < 1.29 is 13.9 Å². The fourth-order valence-electron chi connectivity index (χ4n) is 3.27. The number of methoxy groups -OCH3 is 1. The average Bonchev–Trinajstić information content (AvgIpc) is 3.21. The molecule has 0 spiro atoms. The number of aryl methyl sites for hydroxylation is 1. The van der Waals surface area contributed by atoms with E-state index in [-0.39, 0.29) is 18.1 Å². The van der Waals surface area contributed by atoms with Crippen LogP contribution in [0, 0.1) is 5.82 Å². The van der Waals surface area contributed by atoms with Gasteiger partial charge in [0.2, 0.25) is 5.91 Å². The Hall–Kier alpha value is -2.63. The standard InChI is InChI=1S/C20H24FN3O2/c1-23(16-8-6-12-22-20(16)24-13-3-4-14-24)18(25)11-10-15-7-5-9-17(26-2)19(15)21/h5-9,12H,3-4,10-11,13-14H2,1-2H3. The Bertz CT molecular complexity index is 775. The second-order valence-corrected chi connectivity index (χ2v) is 6.43. The van der Waals surface area contributed by atoms with E-state index in [1.807, 2.05) is 12.1 Å². The van der Waals surface area contributed by atoms with Gasteiger partial charge in [-0.2, -0.15) is 0 Å². The van der Waals surface area contributed by atoms with Crippen LogP contribution in [0.4, 0.5) is 15.9 Å². The lowest BCUT2D eigenvalue weighted by Crippen LogP contribution is -2.30. The minimum absolute atomic E-state index is 0.0688. The first-order chi connectivity index (χ1) is 12.6. The number of aromatic nitrogens is 1. The van der Waals surface area contributed by atoms with Crippen LogP contribution in [0.2, 0.25) is 0 Å². The second-order valence-electron chi connectivity index (χ2n) is 6.43. The van der Waals surface area contributed by atoms with Crippen LogP contribution in [0.3, 0.4) is 0 Å². The van der Waals surface area contributed by atoms with Gasteiger partial charge in [0.25, 0.3) is 0 Å². The molecule has 138 valence electrons. The molecule has 1 aliphatic rings. The van der Waals surface area contributed by atoms with E-state index < -0.39 is 5.82 Å². The Labute approximate surface area is 153 Å². The average molecular weight is 357 g/mol. The largest absolute Gasteiger partial charge is 0.494 e. The van der Waals surface area contributed by atoms with Crippen LogP contribution >= 0.6 is 0 Å². The molecule has 0 atom stereocenters. The minimum atomic E-state index is -0.399. The van der Waals surface area contributed by atoms with Crippen molar-refractivity contribution in [1.29, 1.82) is 0 Å². The van der Waals surface area contributed by atoms with Crippen molar-refractivity contribution >= 4 is 17.4 Å². The molecule has 1 saturated heterocycles. The van der Waals surface area contributed by atoms with Gasteiger partial charge in [-0.15, -0.1) is 0 Å². The highest BCUT2D eigenvalue weighted by Crippen LogP contribution is 2.29. The normalized spacial score (nSPS) is 13.7. The molecule has 0 bridgehead atoms. The van der Waals surface area contributed by atoms with Crippen molar-refractivity contribution in [1.82, 2.24) is 4.98 Å². The van der Waals surface area contributed by atoms with E-state index in [0.29, 0.717) is 12.0 Å². The summed E-state index contributed by atoms with van der Waals surface area (Å²) >= 11 is 0. The van der Waals surface area contributed by atoms with Crippen molar-refractivity contribution in [3.05, 3.63) is 47.9 Å². The van der Waals surface area contributed by atoms with Crippen molar-refractivity contribution in [3.8, 4) is 5.75 Å². The van der Waals surface area contributed by atoms with Crippen LogP contribution in [-0.4, -0.2) is 38.1 Å². The van der Waals surface area contributed by atoms with Gasteiger partial charge in [0.1, 0.15) is 0 Å². The summed E-state index contributed by atoms with van der Waals surface area (Å²) in [6.45, 7) is 1.92. The van der Waals surface area contributed by atoms with Crippen LogP contribution in [0.5, 0.6) is 5.75 Å². The molecule has 3 rings (SSSR count). The summed E-state index contributed by atoms with van der Waals surface area (Å²) in [6, 6.07) is 8.73. The highest BCUT2D eigenvalue weighted by molar-refractivity contribution is 5.95. The number of benzene rings is 1. The third-order valence-corrected chi connectivity index (χ3v) is 4.78. The summed E-state index contributed by atoms with van der Waals surface area (Å²) in [7, 11) is 3.18. The predicted octanol–water partition coefficient (Wildman–Crippen LogP) is 3.43. The lowest BCUT2D eigenvalue weighted by atomic mass is 10.1. The molecule has 5 nitrogen and oxygen atoms in total. The van der Waals surface area contributed by atoms with E-state index in [4.69, 9.17) is 4.74 Å². The number of rotatable bonds is 6. The number of amides is 1. The maximum absolute atomic E-state index is 14.2. The SMILES string of the molecule is COc1cccc(CCC(=O)N(C)c2cccnc2N2CCCC2)c1F. The first kappa shape index (κ1) is 18.2. The lowest BCUT2D eigenvalue weighted by Gasteiger charge is -2.25. The van der Waals surface area contributed by atoms with Crippen LogP contribution < -0.4 is 14.5 Å². The van der Waals surface area contributed by atoms with Crippen LogP contribution in [-0.2, 0) is 11.2 Å². The zero-order valence-corrected chi connectivity index (χ0v) is 15.2. The highest BCUT2D eigenvalue weighted by Gasteiger charge is 2.21. The molecule has 2 heterocycles. The molecule has 0 saturated carbocycles. The number of carbonyl (C=O) groups excluding carboxylic acids is 1. The lowest BCUT2D eigenvalue weighted by molar-refractivity contribution is -0.118. The van der Waals surface area contributed by atoms with Gasteiger partial charge >= 0.3 is 0 Å². The third kappa shape index (κ3) is 3.79. The van der Waals surface area contributed by atoms with Crippen LogP contribution in [0.1, 0.15) is 24.8 Å². The summed E-state index contributed by atoms with van der Waals surface area (Å²) < 4.78 is 19.2. The summed E-state index contributed by atoms with van der Waals surface area (Å²) in [5.41, 5.74) is 1.28. The van der Waals surface area contributed by atoms with E-state index >= 15 is 0 Å². The molecule has 1 fully saturated rings. The maximum Gasteiger partial charge on any atom is 0.227 e. The summed E-state index contributed by atoms with van der Waals surface area (Å²) in [4.78, 5) is 21.0. The molecule has 6 heteroatoms. The number of pyridine rings is 1. The highest BCUT2D eigenvalue weighted by atomic mass is 19.1. The van der Waals surface area contributed by atoms with E-state index in [1.165, 1.54) is 7.11 Å². The van der Waals surface area contributed by atoms with Gasteiger partial charge in [0.05, 0.1) is 12.8 Å². The first-order valence-electron chi connectivity index (χ1n) is 8.89.